The molecule has 2 heterocycles. The van der Waals surface area contributed by atoms with Crippen LogP contribution in [0, 0.1) is 5.92 Å². The molecule has 1 aromatic rings. The second kappa shape index (κ2) is 7.10. The minimum Gasteiger partial charge on any atom is -0.339 e. The normalized spacial score (nSPS) is 27.0. The van der Waals surface area contributed by atoms with Crippen LogP contribution in [-0.2, 0) is 4.79 Å². The van der Waals surface area contributed by atoms with Crippen molar-refractivity contribution < 1.29 is 4.79 Å². The third-order valence-corrected chi connectivity index (χ3v) is 4.96. The second-order valence-electron chi connectivity index (χ2n) is 6.58. The molecule has 0 unspecified atom stereocenters. The van der Waals surface area contributed by atoms with Crippen LogP contribution in [0.4, 0.5) is 0 Å². The minimum absolute atomic E-state index is 0.175. The predicted molar refractivity (Wildman–Crippen MR) is 90.4 cm³/mol. The Kier molecular flexibility index (Phi) is 4.94. The number of likely N-dealkylation sites (tertiary alicyclic amines) is 2. The Hall–Kier alpha value is -1.61. The first-order chi connectivity index (χ1) is 10.7. The first kappa shape index (κ1) is 15.3. The summed E-state index contributed by atoms with van der Waals surface area (Å²) in [5.41, 5.74) is 1.20. The van der Waals surface area contributed by atoms with Crippen molar-refractivity contribution in [2.24, 2.45) is 5.92 Å². The Labute approximate surface area is 133 Å². The summed E-state index contributed by atoms with van der Waals surface area (Å²) in [5.74, 6) is 0.488. The summed E-state index contributed by atoms with van der Waals surface area (Å²) in [6.07, 6.45) is 9.19. The topological polar surface area (TPSA) is 23.6 Å². The molecule has 0 radical (unpaired) electrons. The number of benzene rings is 1. The van der Waals surface area contributed by atoms with Crippen LogP contribution in [-0.4, -0.2) is 48.4 Å². The smallest absolute Gasteiger partial charge is 0.227 e. The van der Waals surface area contributed by atoms with E-state index in [4.69, 9.17) is 0 Å². The highest BCUT2D eigenvalue weighted by atomic mass is 16.2. The van der Waals surface area contributed by atoms with Crippen LogP contribution in [0.1, 0.15) is 31.2 Å². The van der Waals surface area contributed by atoms with E-state index in [1.807, 2.05) is 30.1 Å². The molecule has 22 heavy (non-hydrogen) atoms. The molecule has 1 aromatic carbocycles. The summed E-state index contributed by atoms with van der Waals surface area (Å²) in [6, 6.07) is 10.5. The third-order valence-electron chi connectivity index (χ3n) is 4.96. The molecule has 2 aliphatic heterocycles. The van der Waals surface area contributed by atoms with E-state index < -0.39 is 0 Å². The van der Waals surface area contributed by atoms with E-state index in [2.05, 4.69) is 29.2 Å². The molecule has 118 valence electrons. The Morgan fingerprint density at radius 1 is 1.14 bits per heavy atom. The number of carbonyl (C=O) groups is 1. The zero-order chi connectivity index (χ0) is 15.4. The molecule has 0 aliphatic carbocycles. The minimum atomic E-state index is 0.175. The van der Waals surface area contributed by atoms with Crippen LogP contribution in [0.15, 0.2) is 36.4 Å². The lowest BCUT2D eigenvalue weighted by Crippen LogP contribution is -2.37. The molecule has 3 nitrogen and oxygen atoms in total. The van der Waals surface area contributed by atoms with Crippen LogP contribution in [0.3, 0.4) is 0 Å². The van der Waals surface area contributed by atoms with Gasteiger partial charge in [0.15, 0.2) is 0 Å². The van der Waals surface area contributed by atoms with Gasteiger partial charge in [-0.05, 0) is 37.9 Å². The van der Waals surface area contributed by atoms with Crippen LogP contribution < -0.4 is 0 Å². The van der Waals surface area contributed by atoms with Crippen molar-refractivity contribution in [2.45, 2.75) is 31.7 Å². The van der Waals surface area contributed by atoms with Crippen LogP contribution in [0.2, 0.25) is 0 Å². The molecule has 1 amide bonds. The van der Waals surface area contributed by atoms with Gasteiger partial charge in [0, 0.05) is 13.6 Å². The fourth-order valence-electron chi connectivity index (χ4n) is 3.60. The highest BCUT2D eigenvalue weighted by Gasteiger charge is 2.36. The van der Waals surface area contributed by atoms with Crippen LogP contribution in [0.5, 0.6) is 0 Å². The van der Waals surface area contributed by atoms with Gasteiger partial charge < -0.3 is 9.80 Å². The molecule has 0 spiro atoms. The van der Waals surface area contributed by atoms with E-state index in [1.54, 1.807) is 0 Å². The summed E-state index contributed by atoms with van der Waals surface area (Å²) in [5, 5.41) is 0. The summed E-state index contributed by atoms with van der Waals surface area (Å²) >= 11 is 0. The summed E-state index contributed by atoms with van der Waals surface area (Å²) in [4.78, 5) is 16.9. The van der Waals surface area contributed by atoms with Crippen LogP contribution in [0.25, 0.3) is 6.08 Å². The number of rotatable bonds is 4. The molecule has 3 rings (SSSR count). The molecule has 2 atom stereocenters. The Morgan fingerprint density at radius 2 is 1.86 bits per heavy atom. The average Bonchev–Trinajstić information content (AvgIpc) is 2.83. The zero-order valence-electron chi connectivity index (χ0n) is 13.4. The highest BCUT2D eigenvalue weighted by Crippen LogP contribution is 2.26. The van der Waals surface area contributed by atoms with Gasteiger partial charge in [-0.3, -0.25) is 4.79 Å². The third kappa shape index (κ3) is 3.58. The number of carbonyl (C=O) groups excluding carboxylic acids is 1. The van der Waals surface area contributed by atoms with E-state index in [0.29, 0.717) is 5.91 Å². The summed E-state index contributed by atoms with van der Waals surface area (Å²) < 4.78 is 0. The Balaban J connectivity index is 1.60. The van der Waals surface area contributed by atoms with Crippen molar-refractivity contribution in [3.05, 3.63) is 42.0 Å². The average molecular weight is 298 g/mol. The first-order valence-corrected chi connectivity index (χ1v) is 8.46. The summed E-state index contributed by atoms with van der Waals surface area (Å²) in [6.45, 7) is 3.27. The van der Waals surface area contributed by atoms with E-state index >= 15 is 0 Å². The molecule has 2 aliphatic rings. The van der Waals surface area contributed by atoms with Gasteiger partial charge in [0.25, 0.3) is 0 Å². The monoisotopic (exact) mass is 298 g/mol. The second-order valence-corrected chi connectivity index (χ2v) is 6.58. The van der Waals surface area contributed by atoms with Crippen molar-refractivity contribution in [3.8, 4) is 0 Å². The standard InChI is InChI=1S/C19H26N2O/c1-20-18(11-10-16-8-4-2-5-9-16)14-17(19(20)22)15-21-12-6-3-7-13-21/h2,4-5,8-11,17-18H,3,6-7,12-15H2,1H3/t17-,18-/m0/s1. The lowest BCUT2D eigenvalue weighted by atomic mass is 10.0. The van der Waals surface area contributed by atoms with E-state index in [9.17, 15) is 4.79 Å². The first-order valence-electron chi connectivity index (χ1n) is 8.46. The molecular weight excluding hydrogens is 272 g/mol. The van der Waals surface area contributed by atoms with E-state index in [0.717, 1.165) is 26.1 Å². The van der Waals surface area contributed by atoms with Crippen molar-refractivity contribution >= 4 is 12.0 Å². The number of amides is 1. The molecule has 2 saturated heterocycles. The Morgan fingerprint density at radius 3 is 2.59 bits per heavy atom. The number of hydrogen-bond donors (Lipinski definition) is 0. The summed E-state index contributed by atoms with van der Waals surface area (Å²) in [7, 11) is 1.94. The highest BCUT2D eigenvalue weighted by molar-refractivity contribution is 5.82. The lowest BCUT2D eigenvalue weighted by Gasteiger charge is -2.28. The molecule has 0 saturated carbocycles. The van der Waals surface area contributed by atoms with Crippen LogP contribution >= 0.6 is 0 Å². The van der Waals surface area contributed by atoms with Gasteiger partial charge in [0.05, 0.1) is 12.0 Å². The molecule has 2 fully saturated rings. The Bertz CT molecular complexity index is 519. The van der Waals surface area contributed by atoms with Crippen molar-refractivity contribution in [1.29, 1.82) is 0 Å². The fourth-order valence-corrected chi connectivity index (χ4v) is 3.60. The maximum atomic E-state index is 12.5. The van der Waals surface area contributed by atoms with Crippen molar-refractivity contribution in [2.75, 3.05) is 26.7 Å². The van der Waals surface area contributed by atoms with Crippen molar-refractivity contribution in [3.63, 3.8) is 0 Å². The molecule has 0 bridgehead atoms. The quantitative estimate of drug-likeness (QED) is 0.853. The molecule has 0 aromatic heterocycles. The van der Waals surface area contributed by atoms with Gasteiger partial charge in [0.2, 0.25) is 5.91 Å². The van der Waals surface area contributed by atoms with E-state index in [1.165, 1.54) is 24.8 Å². The number of hydrogen-bond acceptors (Lipinski definition) is 2. The maximum Gasteiger partial charge on any atom is 0.227 e. The number of likely N-dealkylation sites (N-methyl/N-ethyl adjacent to an activating group) is 1. The maximum absolute atomic E-state index is 12.5. The van der Waals surface area contributed by atoms with Gasteiger partial charge >= 0.3 is 0 Å². The van der Waals surface area contributed by atoms with Crippen molar-refractivity contribution in [1.82, 2.24) is 9.80 Å². The molecule has 3 heteroatoms. The lowest BCUT2D eigenvalue weighted by molar-refractivity contribution is -0.130. The van der Waals surface area contributed by atoms with Gasteiger partial charge in [-0.15, -0.1) is 0 Å². The van der Waals surface area contributed by atoms with E-state index in [-0.39, 0.29) is 12.0 Å². The van der Waals surface area contributed by atoms with Gasteiger partial charge in [-0.2, -0.15) is 0 Å². The van der Waals surface area contributed by atoms with Gasteiger partial charge in [0.1, 0.15) is 0 Å². The fraction of sp³-hybridized carbons (Fsp3) is 0.526. The molecule has 0 N–H and O–H groups in total. The zero-order valence-corrected chi connectivity index (χ0v) is 13.4. The largest absolute Gasteiger partial charge is 0.339 e. The van der Waals surface area contributed by atoms with Gasteiger partial charge in [-0.25, -0.2) is 0 Å². The SMILES string of the molecule is CN1C(=O)[C@H](CN2CCCCC2)C[C@@H]1C=Cc1ccccc1. The van der Waals surface area contributed by atoms with Gasteiger partial charge in [-0.1, -0.05) is 48.9 Å². The number of piperidine rings is 1. The molecular formula is C19H26N2O. The number of nitrogens with zero attached hydrogens (tertiary/aromatic N) is 2. The predicted octanol–water partition coefficient (Wildman–Crippen LogP) is 3.03.